The molecular formula is C18H20N4O. The number of fused-ring (bicyclic) bond motifs is 1. The van der Waals surface area contributed by atoms with E-state index in [0.29, 0.717) is 19.0 Å². The molecule has 0 atom stereocenters. The summed E-state index contributed by atoms with van der Waals surface area (Å²) in [7, 11) is 0. The molecule has 1 amide bonds. The van der Waals surface area contributed by atoms with Crippen LogP contribution in [0, 0.1) is 0 Å². The Balaban J connectivity index is 1.60. The van der Waals surface area contributed by atoms with Gasteiger partial charge in [0.15, 0.2) is 0 Å². The maximum atomic E-state index is 12.4. The van der Waals surface area contributed by atoms with Crippen LogP contribution in [-0.2, 0) is 11.3 Å². The van der Waals surface area contributed by atoms with E-state index in [1.165, 1.54) is 0 Å². The molecule has 0 aliphatic heterocycles. The van der Waals surface area contributed by atoms with E-state index in [2.05, 4.69) is 15.3 Å². The van der Waals surface area contributed by atoms with E-state index in [1.54, 1.807) is 0 Å². The van der Waals surface area contributed by atoms with Crippen molar-refractivity contribution in [2.24, 2.45) is 0 Å². The number of carbonyl (C=O) groups excluding carboxylic acids is 1. The number of aromatic amines is 1. The molecule has 0 unspecified atom stereocenters. The third kappa shape index (κ3) is 3.69. The quantitative estimate of drug-likeness (QED) is 0.736. The molecule has 3 aromatic rings. The Kier molecular flexibility index (Phi) is 4.57. The zero-order valence-corrected chi connectivity index (χ0v) is 13.1. The number of aromatic nitrogens is 2. The molecule has 0 bridgehead atoms. The van der Waals surface area contributed by atoms with Crippen LogP contribution in [0.15, 0.2) is 54.6 Å². The maximum Gasteiger partial charge on any atom is 0.242 e. The summed E-state index contributed by atoms with van der Waals surface area (Å²) in [5, 5.41) is 3.08. The van der Waals surface area contributed by atoms with Gasteiger partial charge < -0.3 is 15.2 Å². The fourth-order valence-corrected chi connectivity index (χ4v) is 2.49. The molecular weight excluding hydrogens is 288 g/mol. The van der Waals surface area contributed by atoms with E-state index in [-0.39, 0.29) is 12.5 Å². The van der Waals surface area contributed by atoms with E-state index >= 15 is 0 Å². The van der Waals surface area contributed by atoms with Gasteiger partial charge in [0, 0.05) is 13.1 Å². The van der Waals surface area contributed by atoms with Gasteiger partial charge in [0.25, 0.3) is 0 Å². The van der Waals surface area contributed by atoms with E-state index in [1.807, 2.05) is 66.4 Å². The van der Waals surface area contributed by atoms with Gasteiger partial charge in [-0.05, 0) is 24.6 Å². The smallest absolute Gasteiger partial charge is 0.242 e. The molecule has 0 spiro atoms. The van der Waals surface area contributed by atoms with Crippen molar-refractivity contribution >= 4 is 22.9 Å². The number of nitrogens with zero attached hydrogens (tertiary/aromatic N) is 2. The molecule has 0 radical (unpaired) electrons. The molecule has 0 aliphatic rings. The van der Waals surface area contributed by atoms with Gasteiger partial charge in [-0.3, -0.25) is 4.79 Å². The number of para-hydroxylation sites is 2. The van der Waals surface area contributed by atoms with Crippen LogP contribution < -0.4 is 5.32 Å². The molecule has 23 heavy (non-hydrogen) atoms. The predicted octanol–water partition coefficient (Wildman–Crippen LogP) is 3.02. The van der Waals surface area contributed by atoms with Crippen molar-refractivity contribution < 1.29 is 4.79 Å². The molecule has 0 fully saturated rings. The van der Waals surface area contributed by atoms with Crippen LogP contribution in [-0.4, -0.2) is 33.9 Å². The van der Waals surface area contributed by atoms with Crippen molar-refractivity contribution in [2.45, 2.75) is 13.5 Å². The summed E-state index contributed by atoms with van der Waals surface area (Å²) in [6.07, 6.45) is 0. The Morgan fingerprint density at radius 3 is 2.61 bits per heavy atom. The number of H-pyrrole nitrogens is 1. The minimum Gasteiger partial charge on any atom is -0.347 e. The number of carbonyl (C=O) groups is 1. The van der Waals surface area contributed by atoms with Crippen molar-refractivity contribution in [3.05, 3.63) is 60.2 Å². The van der Waals surface area contributed by atoms with E-state index in [0.717, 1.165) is 16.6 Å². The highest BCUT2D eigenvalue weighted by molar-refractivity contribution is 5.82. The maximum absolute atomic E-state index is 12.4. The second kappa shape index (κ2) is 6.96. The summed E-state index contributed by atoms with van der Waals surface area (Å²) in [5.74, 6) is 0.673. The summed E-state index contributed by atoms with van der Waals surface area (Å²) in [4.78, 5) is 21.8. The van der Waals surface area contributed by atoms with Crippen molar-refractivity contribution in [1.29, 1.82) is 0 Å². The van der Waals surface area contributed by atoms with Crippen LogP contribution in [0.2, 0.25) is 0 Å². The molecule has 0 saturated heterocycles. The molecule has 3 rings (SSSR count). The van der Waals surface area contributed by atoms with Gasteiger partial charge in [-0.25, -0.2) is 4.98 Å². The topological polar surface area (TPSA) is 61.0 Å². The Morgan fingerprint density at radius 1 is 1.13 bits per heavy atom. The standard InChI is InChI=1S/C18H20N4O/c1-2-22(13-14-8-4-3-5-9-14)17(23)12-19-18-20-15-10-6-7-11-16(15)21-18/h3-11H,2,12-13H2,1H3,(H2,19,20,21). The largest absolute Gasteiger partial charge is 0.347 e. The summed E-state index contributed by atoms with van der Waals surface area (Å²) in [5.41, 5.74) is 2.98. The zero-order chi connectivity index (χ0) is 16.1. The predicted molar refractivity (Wildman–Crippen MR) is 92.1 cm³/mol. The highest BCUT2D eigenvalue weighted by Crippen LogP contribution is 2.13. The first kappa shape index (κ1) is 15.1. The minimum atomic E-state index is 0.0526. The van der Waals surface area contributed by atoms with Crippen molar-refractivity contribution in [2.75, 3.05) is 18.4 Å². The van der Waals surface area contributed by atoms with Gasteiger partial charge in [-0.2, -0.15) is 0 Å². The van der Waals surface area contributed by atoms with Crippen LogP contribution in [0.4, 0.5) is 5.95 Å². The Hall–Kier alpha value is -2.82. The SMILES string of the molecule is CCN(Cc1ccccc1)C(=O)CNc1nc2ccccc2[nH]1. The van der Waals surface area contributed by atoms with Crippen molar-refractivity contribution in [3.8, 4) is 0 Å². The first-order valence-electron chi connectivity index (χ1n) is 7.76. The number of hydrogen-bond acceptors (Lipinski definition) is 3. The second-order valence-corrected chi connectivity index (χ2v) is 5.35. The van der Waals surface area contributed by atoms with Crippen molar-refractivity contribution in [3.63, 3.8) is 0 Å². The normalized spacial score (nSPS) is 10.7. The second-order valence-electron chi connectivity index (χ2n) is 5.35. The van der Waals surface area contributed by atoms with Crippen LogP contribution in [0.1, 0.15) is 12.5 Å². The van der Waals surface area contributed by atoms with E-state index in [4.69, 9.17) is 0 Å². The van der Waals surface area contributed by atoms with Crippen LogP contribution in [0.3, 0.4) is 0 Å². The van der Waals surface area contributed by atoms with Gasteiger partial charge in [0.2, 0.25) is 11.9 Å². The van der Waals surface area contributed by atoms with Crippen LogP contribution in [0.25, 0.3) is 11.0 Å². The lowest BCUT2D eigenvalue weighted by molar-refractivity contribution is -0.129. The summed E-state index contributed by atoms with van der Waals surface area (Å²) in [6, 6.07) is 17.8. The molecule has 5 nitrogen and oxygen atoms in total. The van der Waals surface area contributed by atoms with Crippen LogP contribution in [0.5, 0.6) is 0 Å². The number of imidazole rings is 1. The Labute approximate surface area is 135 Å². The molecule has 2 N–H and O–H groups in total. The summed E-state index contributed by atoms with van der Waals surface area (Å²) >= 11 is 0. The fourth-order valence-electron chi connectivity index (χ4n) is 2.49. The lowest BCUT2D eigenvalue weighted by atomic mass is 10.2. The van der Waals surface area contributed by atoms with Crippen molar-refractivity contribution in [1.82, 2.24) is 14.9 Å². The molecule has 0 aliphatic carbocycles. The van der Waals surface area contributed by atoms with Gasteiger partial charge in [-0.1, -0.05) is 42.5 Å². The number of rotatable bonds is 6. The zero-order valence-electron chi connectivity index (χ0n) is 13.1. The van der Waals surface area contributed by atoms with Gasteiger partial charge in [0.05, 0.1) is 17.6 Å². The minimum absolute atomic E-state index is 0.0526. The molecule has 118 valence electrons. The van der Waals surface area contributed by atoms with Gasteiger partial charge in [-0.15, -0.1) is 0 Å². The molecule has 2 aromatic carbocycles. The molecule has 1 aromatic heterocycles. The highest BCUT2D eigenvalue weighted by Gasteiger charge is 2.12. The van der Waals surface area contributed by atoms with Gasteiger partial charge >= 0.3 is 0 Å². The number of hydrogen-bond donors (Lipinski definition) is 2. The third-order valence-electron chi connectivity index (χ3n) is 3.75. The average Bonchev–Trinajstić information content (AvgIpc) is 3.01. The monoisotopic (exact) mass is 308 g/mol. The number of likely N-dealkylation sites (N-methyl/N-ethyl adjacent to an activating group) is 1. The lowest BCUT2D eigenvalue weighted by Gasteiger charge is -2.21. The molecule has 0 saturated carbocycles. The third-order valence-corrected chi connectivity index (χ3v) is 3.75. The van der Waals surface area contributed by atoms with Gasteiger partial charge in [0.1, 0.15) is 0 Å². The average molecular weight is 308 g/mol. The van der Waals surface area contributed by atoms with Crippen LogP contribution >= 0.6 is 0 Å². The Morgan fingerprint density at radius 2 is 1.87 bits per heavy atom. The molecule has 1 heterocycles. The Bertz CT molecular complexity index is 749. The number of anilines is 1. The number of benzene rings is 2. The first-order valence-corrected chi connectivity index (χ1v) is 7.76. The summed E-state index contributed by atoms with van der Waals surface area (Å²) < 4.78 is 0. The van der Waals surface area contributed by atoms with E-state index in [9.17, 15) is 4.79 Å². The number of amides is 1. The summed E-state index contributed by atoms with van der Waals surface area (Å²) in [6.45, 7) is 3.51. The highest BCUT2D eigenvalue weighted by atomic mass is 16.2. The lowest BCUT2D eigenvalue weighted by Crippen LogP contribution is -2.35. The molecule has 5 heteroatoms. The fraction of sp³-hybridized carbons (Fsp3) is 0.222. The number of nitrogens with one attached hydrogen (secondary N) is 2. The first-order chi connectivity index (χ1) is 11.3. The van der Waals surface area contributed by atoms with E-state index < -0.39 is 0 Å².